The Morgan fingerprint density at radius 2 is 2.00 bits per heavy atom. The van der Waals surface area contributed by atoms with E-state index in [-0.39, 0.29) is 31.4 Å². The molecular formula is C7H12O. The molecule has 0 aromatic heterocycles. The lowest BCUT2D eigenvalue weighted by molar-refractivity contribution is -0.122. The highest BCUT2D eigenvalue weighted by atomic mass is 16.1. The lowest BCUT2D eigenvalue weighted by Gasteiger charge is -1.96. The molecule has 0 aliphatic heterocycles. The van der Waals surface area contributed by atoms with Gasteiger partial charge in [-0.2, -0.15) is 0 Å². The first-order chi connectivity index (χ1) is 4.79. The minimum Gasteiger partial charge on any atom is -0.299 e. The van der Waals surface area contributed by atoms with Crippen molar-refractivity contribution >= 4 is 5.78 Å². The standard InChI is InChI=1S/C7H12O/c1-5-3-4-6(2)7(5)8/h5-6H,3-4H2,1-2H3/i1D,2D. The number of rotatable bonds is 0. The zero-order valence-corrected chi connectivity index (χ0v) is 4.89. The van der Waals surface area contributed by atoms with Crippen molar-refractivity contribution in [2.45, 2.75) is 26.6 Å². The Hall–Kier alpha value is -0.330. The zero-order valence-electron chi connectivity index (χ0n) is 6.89. The van der Waals surface area contributed by atoms with Crippen LogP contribution < -0.4 is 0 Å². The highest BCUT2D eigenvalue weighted by molar-refractivity contribution is 5.84. The van der Waals surface area contributed by atoms with Crippen LogP contribution in [0.2, 0.25) is 0 Å². The lowest BCUT2D eigenvalue weighted by atomic mass is 10.1. The van der Waals surface area contributed by atoms with Crippen molar-refractivity contribution in [1.82, 2.24) is 0 Å². The van der Waals surface area contributed by atoms with E-state index in [1.54, 1.807) is 0 Å². The van der Waals surface area contributed by atoms with E-state index in [0.29, 0.717) is 0 Å². The van der Waals surface area contributed by atoms with Gasteiger partial charge in [0, 0.05) is 14.6 Å². The van der Waals surface area contributed by atoms with Gasteiger partial charge in [-0.1, -0.05) is 13.8 Å². The Kier molecular flexibility index (Phi) is 0.859. The number of hydrogen-bond donors (Lipinski definition) is 0. The maximum absolute atomic E-state index is 11.1. The van der Waals surface area contributed by atoms with Gasteiger partial charge in [0.2, 0.25) is 0 Å². The number of hydrogen-bond acceptors (Lipinski definition) is 1. The van der Waals surface area contributed by atoms with Gasteiger partial charge in [0.25, 0.3) is 0 Å². The summed E-state index contributed by atoms with van der Waals surface area (Å²) in [6.07, 6.45) is 1.68. The first-order valence-corrected chi connectivity index (χ1v) is 2.91. The lowest BCUT2D eigenvalue weighted by Crippen LogP contribution is -2.07. The van der Waals surface area contributed by atoms with E-state index in [0.717, 1.165) is 12.8 Å². The van der Waals surface area contributed by atoms with Gasteiger partial charge in [0.05, 0.1) is 0 Å². The van der Waals surface area contributed by atoms with Crippen LogP contribution in [0.15, 0.2) is 0 Å². The fraction of sp³-hybridized carbons (Fsp3) is 0.857. The molecule has 1 rings (SSSR count). The molecule has 0 amide bonds. The van der Waals surface area contributed by atoms with Crippen molar-refractivity contribution in [3.63, 3.8) is 0 Å². The number of carbonyl (C=O) groups is 1. The van der Waals surface area contributed by atoms with E-state index >= 15 is 0 Å². The zero-order chi connectivity index (χ0) is 7.56. The van der Waals surface area contributed by atoms with Crippen LogP contribution in [0.4, 0.5) is 0 Å². The number of ketones is 1. The van der Waals surface area contributed by atoms with E-state index in [1.165, 1.54) is 0 Å². The topological polar surface area (TPSA) is 17.1 Å². The Labute approximate surface area is 52.9 Å². The summed E-state index contributed by atoms with van der Waals surface area (Å²) >= 11 is 0. The van der Waals surface area contributed by atoms with Gasteiger partial charge >= 0.3 is 0 Å². The molecule has 1 saturated carbocycles. The molecule has 46 valence electrons. The van der Waals surface area contributed by atoms with E-state index in [1.807, 2.05) is 0 Å². The molecule has 1 aliphatic rings. The summed E-state index contributed by atoms with van der Waals surface area (Å²) < 4.78 is 14.0. The van der Waals surface area contributed by atoms with Crippen molar-refractivity contribution in [3.8, 4) is 0 Å². The van der Waals surface area contributed by atoms with Gasteiger partial charge in [0.1, 0.15) is 5.78 Å². The van der Waals surface area contributed by atoms with Crippen molar-refractivity contribution in [3.05, 3.63) is 0 Å². The molecule has 1 nitrogen and oxygen atoms in total. The first-order valence-electron chi connectivity index (χ1n) is 4.33. The molecule has 0 aromatic rings. The van der Waals surface area contributed by atoms with Crippen molar-refractivity contribution in [1.29, 1.82) is 0 Å². The summed E-state index contributed by atoms with van der Waals surface area (Å²) in [7, 11) is 0. The normalized spacial score (nSPS) is 41.8. The molecule has 0 bridgehead atoms. The van der Waals surface area contributed by atoms with Crippen LogP contribution in [0.3, 0.4) is 0 Å². The van der Waals surface area contributed by atoms with Crippen molar-refractivity contribution in [2.75, 3.05) is 0 Å². The van der Waals surface area contributed by atoms with Gasteiger partial charge in [-0.3, -0.25) is 4.79 Å². The van der Waals surface area contributed by atoms with Crippen LogP contribution in [-0.2, 0) is 4.79 Å². The molecule has 0 N–H and O–H groups in total. The van der Waals surface area contributed by atoms with Crippen LogP contribution in [0, 0.1) is 11.8 Å². The Balaban J connectivity index is 2.49. The predicted octanol–water partition coefficient (Wildman–Crippen LogP) is 1.62. The molecule has 0 aromatic carbocycles. The summed E-state index contributed by atoms with van der Waals surface area (Å²) in [5, 5.41) is 0. The third-order valence-electron chi connectivity index (χ3n) is 1.67. The van der Waals surface area contributed by atoms with E-state index in [2.05, 4.69) is 0 Å². The molecule has 1 heteroatoms. The molecular weight excluding hydrogens is 100 g/mol. The van der Waals surface area contributed by atoms with Crippen LogP contribution in [0.5, 0.6) is 0 Å². The summed E-state index contributed by atoms with van der Waals surface area (Å²) in [6.45, 7) is 0.435. The monoisotopic (exact) mass is 114 g/mol. The molecule has 2 atom stereocenters. The van der Waals surface area contributed by atoms with Crippen LogP contribution in [0.25, 0.3) is 0 Å². The smallest absolute Gasteiger partial charge is 0.138 e. The molecule has 0 saturated heterocycles. The van der Waals surface area contributed by atoms with E-state index in [9.17, 15) is 4.79 Å². The summed E-state index contributed by atoms with van der Waals surface area (Å²) in [4.78, 5) is 11.1. The predicted molar refractivity (Wildman–Crippen MR) is 32.6 cm³/mol. The van der Waals surface area contributed by atoms with Gasteiger partial charge < -0.3 is 0 Å². The Morgan fingerprint density at radius 1 is 1.50 bits per heavy atom. The largest absolute Gasteiger partial charge is 0.299 e. The third kappa shape index (κ3) is 0.770. The molecule has 2 unspecified atom stereocenters. The maximum Gasteiger partial charge on any atom is 0.138 e. The third-order valence-corrected chi connectivity index (χ3v) is 1.67. The summed E-state index contributed by atoms with van der Waals surface area (Å²) in [6, 6.07) is 0. The van der Waals surface area contributed by atoms with Crippen molar-refractivity contribution < 1.29 is 7.54 Å². The van der Waals surface area contributed by atoms with Gasteiger partial charge in [-0.15, -0.1) is 0 Å². The molecule has 0 radical (unpaired) electrons. The Morgan fingerprint density at radius 3 is 2.25 bits per heavy atom. The number of Topliss-reactive ketones (excluding diaryl/α,β-unsaturated/α-hetero) is 1. The van der Waals surface area contributed by atoms with E-state index in [4.69, 9.17) is 2.74 Å². The first kappa shape index (κ1) is 3.65. The summed E-state index contributed by atoms with van der Waals surface area (Å²) in [5.74, 6) is 0.0655. The number of carbonyl (C=O) groups excluding carboxylic acids is 1. The van der Waals surface area contributed by atoms with Crippen molar-refractivity contribution in [2.24, 2.45) is 11.8 Å². The average molecular weight is 114 g/mol. The maximum atomic E-state index is 11.1. The SMILES string of the molecule is [2H]CC1CCC(C[2H])C1=O. The summed E-state index contributed by atoms with van der Waals surface area (Å²) in [5.41, 5.74) is 0. The minimum atomic E-state index is -0.0460. The van der Waals surface area contributed by atoms with E-state index < -0.39 is 0 Å². The molecule has 0 heterocycles. The molecule has 0 spiro atoms. The van der Waals surface area contributed by atoms with Gasteiger partial charge in [-0.05, 0) is 12.8 Å². The van der Waals surface area contributed by atoms with Crippen LogP contribution >= 0.6 is 0 Å². The second-order valence-electron chi connectivity index (χ2n) is 2.37. The van der Waals surface area contributed by atoms with Gasteiger partial charge in [0.15, 0.2) is 0 Å². The molecule has 1 aliphatic carbocycles. The second-order valence-corrected chi connectivity index (χ2v) is 2.37. The van der Waals surface area contributed by atoms with Crippen LogP contribution in [0.1, 0.15) is 29.4 Å². The van der Waals surface area contributed by atoms with Crippen LogP contribution in [-0.4, -0.2) is 5.78 Å². The van der Waals surface area contributed by atoms with Gasteiger partial charge in [-0.25, -0.2) is 0 Å². The highest BCUT2D eigenvalue weighted by Crippen LogP contribution is 2.25. The fourth-order valence-electron chi connectivity index (χ4n) is 1.02. The highest BCUT2D eigenvalue weighted by Gasteiger charge is 2.26. The second kappa shape index (κ2) is 1.88. The quantitative estimate of drug-likeness (QED) is 0.467. The molecule has 8 heavy (non-hydrogen) atoms. The molecule has 1 fully saturated rings. The minimum absolute atomic E-state index is 0.0460. The average Bonchev–Trinajstić information content (AvgIpc) is 2.30. The Bertz CT molecular complexity index is 122. The fourth-order valence-corrected chi connectivity index (χ4v) is 1.02.